The average molecular weight is 301 g/mol. The second-order valence-electron chi connectivity index (χ2n) is 4.83. The monoisotopic (exact) mass is 301 g/mol. The normalized spacial score (nSPS) is 10.1. The van der Waals surface area contributed by atoms with Gasteiger partial charge in [-0.15, -0.1) is 0 Å². The second kappa shape index (κ2) is 7.30. The Morgan fingerprint density at radius 3 is 2.73 bits per heavy atom. The lowest BCUT2D eigenvalue weighted by Gasteiger charge is -2.14. The molecule has 0 unspecified atom stereocenters. The summed E-state index contributed by atoms with van der Waals surface area (Å²) in [6.45, 7) is 2.85. The molecule has 0 atom stereocenters. The van der Waals surface area contributed by atoms with Gasteiger partial charge in [-0.3, -0.25) is 9.78 Å². The molecule has 2 N–H and O–H groups in total. The fourth-order valence-corrected chi connectivity index (χ4v) is 1.75. The number of aromatic nitrogens is 4. The second-order valence-corrected chi connectivity index (χ2v) is 4.83. The van der Waals surface area contributed by atoms with Crippen molar-refractivity contribution < 1.29 is 4.79 Å². The van der Waals surface area contributed by atoms with Crippen LogP contribution >= 0.6 is 0 Å². The van der Waals surface area contributed by atoms with Crippen LogP contribution in [0.1, 0.15) is 16.3 Å². The van der Waals surface area contributed by atoms with Crippen molar-refractivity contribution >= 4 is 17.5 Å². The van der Waals surface area contributed by atoms with Crippen LogP contribution in [0.3, 0.4) is 0 Å². The van der Waals surface area contributed by atoms with Crippen LogP contribution in [-0.4, -0.2) is 53.0 Å². The van der Waals surface area contributed by atoms with Crippen LogP contribution in [0.2, 0.25) is 0 Å². The molecular formula is C14H19N7O. The first-order valence-corrected chi connectivity index (χ1v) is 6.87. The highest BCUT2D eigenvalue weighted by atomic mass is 16.1. The van der Waals surface area contributed by atoms with Crippen LogP contribution in [0.25, 0.3) is 0 Å². The van der Waals surface area contributed by atoms with Crippen molar-refractivity contribution in [2.24, 2.45) is 0 Å². The summed E-state index contributed by atoms with van der Waals surface area (Å²) in [6.07, 6.45) is 4.44. The van der Waals surface area contributed by atoms with E-state index in [2.05, 4.69) is 30.6 Å². The maximum Gasteiger partial charge on any atom is 0.271 e. The number of anilines is 2. The van der Waals surface area contributed by atoms with Gasteiger partial charge in [0.1, 0.15) is 23.2 Å². The zero-order chi connectivity index (χ0) is 15.9. The smallest absolute Gasteiger partial charge is 0.271 e. The Hall–Kier alpha value is -2.77. The fraction of sp³-hybridized carbons (Fsp3) is 0.357. The fourth-order valence-electron chi connectivity index (χ4n) is 1.75. The molecule has 22 heavy (non-hydrogen) atoms. The van der Waals surface area contributed by atoms with Gasteiger partial charge in [0.05, 0.1) is 6.20 Å². The van der Waals surface area contributed by atoms with Gasteiger partial charge in [-0.2, -0.15) is 0 Å². The number of hydrogen-bond acceptors (Lipinski definition) is 7. The highest BCUT2D eigenvalue weighted by Gasteiger charge is 2.06. The van der Waals surface area contributed by atoms with E-state index in [1.54, 1.807) is 0 Å². The lowest BCUT2D eigenvalue weighted by atomic mass is 10.4. The third-order valence-corrected chi connectivity index (χ3v) is 2.80. The Morgan fingerprint density at radius 2 is 2.05 bits per heavy atom. The molecule has 2 rings (SSSR count). The average Bonchev–Trinajstić information content (AvgIpc) is 2.51. The third kappa shape index (κ3) is 4.37. The standard InChI is InChI=1S/C14H19N7O/c1-10-19-12(8-13(20-10)21(2)3)17-6-7-18-14(22)11-9-15-4-5-16-11/h4-5,8-9H,6-7H2,1-3H3,(H,18,22)(H,17,19,20). The molecule has 8 nitrogen and oxygen atoms in total. The molecule has 0 aromatic carbocycles. The minimum absolute atomic E-state index is 0.247. The molecule has 116 valence electrons. The molecule has 2 aromatic rings. The van der Waals surface area contributed by atoms with E-state index in [0.29, 0.717) is 24.6 Å². The number of nitrogens with zero attached hydrogens (tertiary/aromatic N) is 5. The van der Waals surface area contributed by atoms with Crippen molar-refractivity contribution in [1.82, 2.24) is 25.3 Å². The maximum absolute atomic E-state index is 11.8. The van der Waals surface area contributed by atoms with Gasteiger partial charge in [0, 0.05) is 45.6 Å². The van der Waals surface area contributed by atoms with Gasteiger partial charge in [0.15, 0.2) is 0 Å². The van der Waals surface area contributed by atoms with Crippen molar-refractivity contribution in [2.75, 3.05) is 37.4 Å². The van der Waals surface area contributed by atoms with E-state index in [9.17, 15) is 4.79 Å². The van der Waals surface area contributed by atoms with Crippen molar-refractivity contribution in [3.63, 3.8) is 0 Å². The molecule has 8 heteroatoms. The first kappa shape index (κ1) is 15.6. The van der Waals surface area contributed by atoms with Crippen LogP contribution in [0.15, 0.2) is 24.7 Å². The van der Waals surface area contributed by atoms with E-state index in [-0.39, 0.29) is 5.91 Å². The summed E-state index contributed by atoms with van der Waals surface area (Å²) in [4.78, 5) is 30.1. The van der Waals surface area contributed by atoms with Crippen LogP contribution < -0.4 is 15.5 Å². The van der Waals surface area contributed by atoms with E-state index >= 15 is 0 Å². The predicted molar refractivity (Wildman–Crippen MR) is 84.0 cm³/mol. The van der Waals surface area contributed by atoms with Gasteiger partial charge in [0.2, 0.25) is 0 Å². The molecule has 0 bridgehead atoms. The number of rotatable bonds is 6. The molecule has 0 radical (unpaired) electrons. The molecule has 2 aromatic heterocycles. The van der Waals surface area contributed by atoms with E-state index in [4.69, 9.17) is 0 Å². The predicted octanol–water partition coefficient (Wildman–Crippen LogP) is 0.483. The summed E-state index contributed by atoms with van der Waals surface area (Å²) in [5.74, 6) is 2.00. The van der Waals surface area contributed by atoms with Crippen LogP contribution in [0, 0.1) is 6.92 Å². The van der Waals surface area contributed by atoms with Crippen molar-refractivity contribution in [2.45, 2.75) is 6.92 Å². The number of nitrogens with one attached hydrogen (secondary N) is 2. The van der Waals surface area contributed by atoms with E-state index in [1.165, 1.54) is 18.6 Å². The summed E-state index contributed by atoms with van der Waals surface area (Å²) < 4.78 is 0. The van der Waals surface area contributed by atoms with E-state index < -0.39 is 0 Å². The molecule has 0 saturated heterocycles. The molecule has 0 fully saturated rings. The maximum atomic E-state index is 11.8. The highest BCUT2D eigenvalue weighted by Crippen LogP contribution is 2.12. The summed E-state index contributed by atoms with van der Waals surface area (Å²) in [6, 6.07) is 1.86. The first-order valence-electron chi connectivity index (χ1n) is 6.87. The number of aryl methyl sites for hydroxylation is 1. The molecule has 0 saturated carbocycles. The minimum atomic E-state index is -0.247. The van der Waals surface area contributed by atoms with Gasteiger partial charge >= 0.3 is 0 Å². The highest BCUT2D eigenvalue weighted by molar-refractivity contribution is 5.91. The third-order valence-electron chi connectivity index (χ3n) is 2.80. The Labute approximate surface area is 129 Å². The van der Waals surface area contributed by atoms with Gasteiger partial charge in [-0.25, -0.2) is 15.0 Å². The van der Waals surface area contributed by atoms with E-state index in [1.807, 2.05) is 32.0 Å². The van der Waals surface area contributed by atoms with E-state index in [0.717, 1.165) is 11.6 Å². The van der Waals surface area contributed by atoms with Crippen LogP contribution in [-0.2, 0) is 0 Å². The molecular weight excluding hydrogens is 282 g/mol. The Morgan fingerprint density at radius 1 is 1.23 bits per heavy atom. The van der Waals surface area contributed by atoms with Crippen LogP contribution in [0.4, 0.5) is 11.6 Å². The quantitative estimate of drug-likeness (QED) is 0.749. The minimum Gasteiger partial charge on any atom is -0.368 e. The van der Waals surface area contributed by atoms with Gasteiger partial charge in [-0.1, -0.05) is 0 Å². The lowest BCUT2D eigenvalue weighted by molar-refractivity contribution is 0.0950. The zero-order valence-corrected chi connectivity index (χ0v) is 12.9. The summed E-state index contributed by atoms with van der Waals surface area (Å²) >= 11 is 0. The summed E-state index contributed by atoms with van der Waals surface area (Å²) in [5, 5.41) is 5.92. The van der Waals surface area contributed by atoms with Crippen molar-refractivity contribution in [1.29, 1.82) is 0 Å². The largest absolute Gasteiger partial charge is 0.368 e. The molecule has 0 aliphatic heterocycles. The summed E-state index contributed by atoms with van der Waals surface area (Å²) in [5.41, 5.74) is 0.301. The van der Waals surface area contributed by atoms with Crippen LogP contribution in [0.5, 0.6) is 0 Å². The van der Waals surface area contributed by atoms with Gasteiger partial charge in [0.25, 0.3) is 5.91 Å². The topological polar surface area (TPSA) is 95.9 Å². The van der Waals surface area contributed by atoms with Crippen molar-refractivity contribution in [3.05, 3.63) is 36.2 Å². The Balaban J connectivity index is 1.83. The molecule has 0 aliphatic rings. The van der Waals surface area contributed by atoms with Gasteiger partial charge < -0.3 is 15.5 Å². The number of amides is 1. The Bertz CT molecular complexity index is 630. The Kier molecular flexibility index (Phi) is 5.18. The van der Waals surface area contributed by atoms with Crippen molar-refractivity contribution in [3.8, 4) is 0 Å². The lowest BCUT2D eigenvalue weighted by Crippen LogP contribution is -2.29. The molecule has 1 amide bonds. The SMILES string of the molecule is Cc1nc(NCCNC(=O)c2cnccn2)cc(N(C)C)n1. The first-order chi connectivity index (χ1) is 10.6. The zero-order valence-electron chi connectivity index (χ0n) is 12.9. The molecule has 0 aliphatic carbocycles. The summed E-state index contributed by atoms with van der Waals surface area (Å²) in [7, 11) is 3.85. The molecule has 0 spiro atoms. The number of carbonyl (C=O) groups excluding carboxylic acids is 1. The molecule has 2 heterocycles. The number of hydrogen-bond donors (Lipinski definition) is 2. The van der Waals surface area contributed by atoms with Gasteiger partial charge in [-0.05, 0) is 6.92 Å². The number of carbonyl (C=O) groups is 1.